The maximum Gasteiger partial charge on any atom is 0.251 e. The lowest BCUT2D eigenvalue weighted by atomic mass is 10.2. The molecular formula is C24H32N4O3. The molecule has 0 radical (unpaired) electrons. The largest absolute Gasteiger partial charge is 0.376 e. The Hall–Kier alpha value is -3.35. The van der Waals surface area contributed by atoms with Crippen molar-refractivity contribution < 1.29 is 14.4 Å². The Labute approximate surface area is 184 Å². The number of rotatable bonds is 12. The van der Waals surface area contributed by atoms with Gasteiger partial charge in [0.2, 0.25) is 11.8 Å². The second kappa shape index (κ2) is 13.1. The van der Waals surface area contributed by atoms with E-state index in [0.717, 1.165) is 31.4 Å². The van der Waals surface area contributed by atoms with Crippen molar-refractivity contribution in [2.75, 3.05) is 29.0 Å². The van der Waals surface area contributed by atoms with Crippen LogP contribution in [-0.2, 0) is 9.59 Å². The van der Waals surface area contributed by atoms with Crippen LogP contribution in [0.2, 0.25) is 0 Å². The number of hydrogen-bond acceptors (Lipinski definition) is 4. The predicted octanol–water partition coefficient (Wildman–Crippen LogP) is 4.40. The van der Waals surface area contributed by atoms with Crippen molar-refractivity contribution in [2.24, 2.45) is 0 Å². The Balaban J connectivity index is 1.80. The van der Waals surface area contributed by atoms with Crippen molar-refractivity contribution in [3.05, 3.63) is 54.1 Å². The summed E-state index contributed by atoms with van der Waals surface area (Å²) in [6, 6.07) is 14.0. The molecular weight excluding hydrogens is 392 g/mol. The van der Waals surface area contributed by atoms with Crippen LogP contribution in [-0.4, -0.2) is 30.8 Å². The lowest BCUT2D eigenvalue weighted by Gasteiger charge is -2.10. The molecule has 0 aliphatic heterocycles. The average Bonchev–Trinajstić information content (AvgIpc) is 2.77. The summed E-state index contributed by atoms with van der Waals surface area (Å²) in [6.45, 7) is 4.80. The van der Waals surface area contributed by atoms with Gasteiger partial charge < -0.3 is 21.3 Å². The summed E-state index contributed by atoms with van der Waals surface area (Å²) in [5.41, 5.74) is 2.61. The summed E-state index contributed by atoms with van der Waals surface area (Å²) in [5.74, 6) is -0.342. The van der Waals surface area contributed by atoms with Crippen LogP contribution in [0.1, 0.15) is 56.3 Å². The molecule has 0 saturated heterocycles. The summed E-state index contributed by atoms with van der Waals surface area (Å²) in [5, 5.41) is 11.5. The van der Waals surface area contributed by atoms with Gasteiger partial charge in [0.1, 0.15) is 0 Å². The molecule has 2 aromatic rings. The number of unbranched alkanes of at least 4 members (excludes halogenated alkanes) is 2. The first-order valence-electron chi connectivity index (χ1n) is 10.8. The minimum Gasteiger partial charge on any atom is -0.376 e. The highest BCUT2D eigenvalue weighted by molar-refractivity contribution is 5.97. The molecule has 7 nitrogen and oxygen atoms in total. The van der Waals surface area contributed by atoms with Gasteiger partial charge in [-0.15, -0.1) is 0 Å². The molecule has 0 spiro atoms. The van der Waals surface area contributed by atoms with Gasteiger partial charge in [-0.2, -0.15) is 0 Å². The van der Waals surface area contributed by atoms with Gasteiger partial charge in [0.15, 0.2) is 0 Å². The van der Waals surface area contributed by atoms with Gasteiger partial charge in [0, 0.05) is 35.6 Å². The summed E-state index contributed by atoms with van der Waals surface area (Å²) in [4.78, 5) is 36.1. The monoisotopic (exact) mass is 424 g/mol. The van der Waals surface area contributed by atoms with Gasteiger partial charge in [-0.3, -0.25) is 14.4 Å². The second-order valence-electron chi connectivity index (χ2n) is 7.32. The fourth-order valence-corrected chi connectivity index (χ4v) is 2.90. The van der Waals surface area contributed by atoms with E-state index in [1.54, 1.807) is 30.3 Å². The van der Waals surface area contributed by atoms with Gasteiger partial charge in [0.05, 0.1) is 6.54 Å². The molecule has 0 heterocycles. The van der Waals surface area contributed by atoms with Crippen molar-refractivity contribution in [1.29, 1.82) is 0 Å². The molecule has 0 aliphatic rings. The molecule has 0 aliphatic carbocycles. The third kappa shape index (κ3) is 8.90. The highest BCUT2D eigenvalue weighted by atomic mass is 16.2. The van der Waals surface area contributed by atoms with E-state index >= 15 is 0 Å². The number of carbonyl (C=O) groups excluding carboxylic acids is 3. The number of hydrogen-bond donors (Lipinski definition) is 4. The van der Waals surface area contributed by atoms with Crippen LogP contribution < -0.4 is 21.3 Å². The van der Waals surface area contributed by atoms with Crippen molar-refractivity contribution in [1.82, 2.24) is 5.32 Å². The molecule has 166 valence electrons. The Kier molecular flexibility index (Phi) is 10.1. The van der Waals surface area contributed by atoms with Gasteiger partial charge in [-0.05, 0) is 55.3 Å². The van der Waals surface area contributed by atoms with Crippen LogP contribution in [0.5, 0.6) is 0 Å². The molecule has 2 rings (SSSR count). The van der Waals surface area contributed by atoms with Crippen molar-refractivity contribution >= 4 is 34.8 Å². The lowest BCUT2D eigenvalue weighted by Crippen LogP contribution is -2.24. The minimum atomic E-state index is -0.211. The zero-order valence-corrected chi connectivity index (χ0v) is 18.3. The molecule has 31 heavy (non-hydrogen) atoms. The van der Waals surface area contributed by atoms with Crippen LogP contribution in [0.3, 0.4) is 0 Å². The van der Waals surface area contributed by atoms with E-state index in [0.29, 0.717) is 29.9 Å². The van der Waals surface area contributed by atoms with E-state index < -0.39 is 0 Å². The third-order valence-electron chi connectivity index (χ3n) is 4.57. The van der Waals surface area contributed by atoms with Gasteiger partial charge in [0.25, 0.3) is 5.91 Å². The van der Waals surface area contributed by atoms with Crippen molar-refractivity contribution in [2.45, 2.75) is 46.0 Å². The molecule has 4 N–H and O–H groups in total. The number of anilines is 3. The zero-order valence-electron chi connectivity index (χ0n) is 18.3. The highest BCUT2D eigenvalue weighted by Crippen LogP contribution is 2.16. The van der Waals surface area contributed by atoms with Gasteiger partial charge in [-0.25, -0.2) is 0 Å². The molecule has 0 fully saturated rings. The van der Waals surface area contributed by atoms with Crippen LogP contribution in [0, 0.1) is 0 Å². The van der Waals surface area contributed by atoms with Crippen molar-refractivity contribution in [3.63, 3.8) is 0 Å². The molecule has 3 amide bonds. The third-order valence-corrected chi connectivity index (χ3v) is 4.57. The van der Waals surface area contributed by atoms with Crippen LogP contribution >= 0.6 is 0 Å². The molecule has 0 atom stereocenters. The minimum absolute atomic E-state index is 0.00448. The molecule has 0 aromatic heterocycles. The second-order valence-corrected chi connectivity index (χ2v) is 7.32. The van der Waals surface area contributed by atoms with E-state index in [4.69, 9.17) is 0 Å². The number of benzene rings is 2. The van der Waals surface area contributed by atoms with E-state index in [9.17, 15) is 14.4 Å². The van der Waals surface area contributed by atoms with E-state index in [2.05, 4.69) is 28.2 Å². The average molecular weight is 425 g/mol. The van der Waals surface area contributed by atoms with Crippen LogP contribution in [0.25, 0.3) is 0 Å². The first kappa shape index (κ1) is 23.9. The summed E-state index contributed by atoms with van der Waals surface area (Å²) in [7, 11) is 0. The fourth-order valence-electron chi connectivity index (χ4n) is 2.90. The van der Waals surface area contributed by atoms with Gasteiger partial charge >= 0.3 is 0 Å². The maximum atomic E-state index is 12.2. The van der Waals surface area contributed by atoms with E-state index in [-0.39, 0.29) is 24.3 Å². The first-order valence-corrected chi connectivity index (χ1v) is 10.8. The Morgan fingerprint density at radius 2 is 1.48 bits per heavy atom. The standard InChI is InChI=1S/C24H32N4O3/c1-3-5-6-10-22(29)28-21-9-7-8-20(16-21)26-17-23(30)27-19-13-11-18(12-14-19)24(31)25-15-4-2/h7-9,11-14,16,26H,3-6,10,15,17H2,1-2H3,(H,25,31)(H,27,30)(H,28,29). The molecule has 2 aromatic carbocycles. The number of nitrogens with one attached hydrogen (secondary N) is 4. The number of amides is 3. The topological polar surface area (TPSA) is 99.3 Å². The summed E-state index contributed by atoms with van der Waals surface area (Å²) < 4.78 is 0. The Morgan fingerprint density at radius 1 is 0.774 bits per heavy atom. The van der Waals surface area contributed by atoms with Crippen LogP contribution in [0.15, 0.2) is 48.5 Å². The zero-order chi connectivity index (χ0) is 22.5. The fraction of sp³-hybridized carbons (Fsp3) is 0.375. The Morgan fingerprint density at radius 3 is 2.19 bits per heavy atom. The normalized spacial score (nSPS) is 10.3. The van der Waals surface area contributed by atoms with Crippen LogP contribution in [0.4, 0.5) is 17.1 Å². The van der Waals surface area contributed by atoms with Gasteiger partial charge in [-0.1, -0.05) is 32.8 Å². The quantitative estimate of drug-likeness (QED) is 0.380. The van der Waals surface area contributed by atoms with Crippen molar-refractivity contribution in [3.8, 4) is 0 Å². The number of carbonyl (C=O) groups is 3. The molecule has 0 unspecified atom stereocenters. The lowest BCUT2D eigenvalue weighted by molar-refractivity contribution is -0.116. The smallest absolute Gasteiger partial charge is 0.251 e. The first-order chi connectivity index (χ1) is 15.0. The Bertz CT molecular complexity index is 865. The predicted molar refractivity (Wildman–Crippen MR) is 125 cm³/mol. The van der Waals surface area contributed by atoms with E-state index in [1.807, 2.05) is 25.1 Å². The molecule has 0 saturated carbocycles. The van der Waals surface area contributed by atoms with E-state index in [1.165, 1.54) is 0 Å². The highest BCUT2D eigenvalue weighted by Gasteiger charge is 2.07. The molecule has 0 bridgehead atoms. The summed E-state index contributed by atoms with van der Waals surface area (Å²) >= 11 is 0. The maximum absolute atomic E-state index is 12.2. The summed E-state index contributed by atoms with van der Waals surface area (Å²) in [6.07, 6.45) is 4.38. The molecule has 7 heteroatoms. The SMILES string of the molecule is CCCCCC(=O)Nc1cccc(NCC(=O)Nc2ccc(C(=O)NCCC)cc2)c1.